The van der Waals surface area contributed by atoms with Gasteiger partial charge in [-0.05, 0) is 32.9 Å². The van der Waals surface area contributed by atoms with Gasteiger partial charge in [-0.2, -0.15) is 0 Å². The predicted molar refractivity (Wildman–Crippen MR) is 67.3 cm³/mol. The summed E-state index contributed by atoms with van der Waals surface area (Å²) in [5.74, 6) is 0.850. The topological polar surface area (TPSA) is 54.7 Å². The van der Waals surface area contributed by atoms with Gasteiger partial charge in [0.25, 0.3) is 0 Å². The Morgan fingerprint density at radius 1 is 1.56 bits per heavy atom. The number of nitrogens with one attached hydrogen (secondary N) is 1. The zero-order valence-electron chi connectivity index (χ0n) is 11.1. The van der Waals surface area contributed by atoms with Crippen molar-refractivity contribution in [2.45, 2.75) is 32.4 Å². The van der Waals surface area contributed by atoms with Crippen molar-refractivity contribution in [2.24, 2.45) is 0 Å². The van der Waals surface area contributed by atoms with Crippen molar-refractivity contribution in [1.82, 2.24) is 10.2 Å². The smallest absolute Gasteiger partial charge is 0.410 e. The molecule has 1 unspecified atom stereocenters. The van der Waals surface area contributed by atoms with Crippen LogP contribution in [-0.4, -0.2) is 36.2 Å². The van der Waals surface area contributed by atoms with Crippen LogP contribution in [0, 0.1) is 0 Å². The Kier molecular flexibility index (Phi) is 3.61. The van der Waals surface area contributed by atoms with Crippen LogP contribution in [0.1, 0.15) is 32.6 Å². The maximum Gasteiger partial charge on any atom is 0.410 e. The fourth-order valence-electron chi connectivity index (χ4n) is 1.92. The van der Waals surface area contributed by atoms with Crippen molar-refractivity contribution in [3.8, 4) is 0 Å². The number of ether oxygens (including phenoxy) is 1. The summed E-state index contributed by atoms with van der Waals surface area (Å²) < 4.78 is 10.7. The van der Waals surface area contributed by atoms with Crippen LogP contribution < -0.4 is 5.32 Å². The first kappa shape index (κ1) is 13.0. The number of hydrogen-bond acceptors (Lipinski definition) is 4. The minimum Gasteiger partial charge on any atom is -0.468 e. The lowest BCUT2D eigenvalue weighted by molar-refractivity contribution is 0.0188. The molecule has 5 heteroatoms. The first-order valence-corrected chi connectivity index (χ1v) is 6.20. The number of rotatable bonds is 1. The van der Waals surface area contributed by atoms with Gasteiger partial charge in [0.15, 0.2) is 0 Å². The molecular weight excluding hydrogens is 232 g/mol. The Hall–Kier alpha value is -1.49. The third kappa shape index (κ3) is 3.26. The van der Waals surface area contributed by atoms with Crippen molar-refractivity contribution in [3.63, 3.8) is 0 Å². The largest absolute Gasteiger partial charge is 0.468 e. The van der Waals surface area contributed by atoms with E-state index in [0.29, 0.717) is 13.1 Å². The van der Waals surface area contributed by atoms with E-state index in [2.05, 4.69) is 5.32 Å². The highest BCUT2D eigenvalue weighted by Crippen LogP contribution is 2.19. The summed E-state index contributed by atoms with van der Waals surface area (Å²) in [7, 11) is 0. The van der Waals surface area contributed by atoms with Crippen LogP contribution in [-0.2, 0) is 4.74 Å². The highest BCUT2D eigenvalue weighted by molar-refractivity contribution is 5.68. The fraction of sp³-hybridized carbons (Fsp3) is 0.615. The van der Waals surface area contributed by atoms with Gasteiger partial charge < -0.3 is 19.4 Å². The van der Waals surface area contributed by atoms with E-state index in [-0.39, 0.29) is 12.1 Å². The number of carbonyl (C=O) groups is 1. The quantitative estimate of drug-likeness (QED) is 0.832. The predicted octanol–water partition coefficient (Wildman–Crippen LogP) is 2.16. The lowest BCUT2D eigenvalue weighted by Crippen LogP contribution is -2.49. The van der Waals surface area contributed by atoms with Crippen LogP contribution in [0.25, 0.3) is 0 Å². The Labute approximate surface area is 107 Å². The van der Waals surface area contributed by atoms with Crippen molar-refractivity contribution >= 4 is 6.09 Å². The molecule has 0 radical (unpaired) electrons. The van der Waals surface area contributed by atoms with Crippen molar-refractivity contribution in [3.05, 3.63) is 24.2 Å². The molecule has 1 aromatic heterocycles. The normalized spacial score (nSPS) is 20.8. The van der Waals surface area contributed by atoms with E-state index in [9.17, 15) is 4.79 Å². The van der Waals surface area contributed by atoms with Gasteiger partial charge in [-0.15, -0.1) is 0 Å². The number of amides is 1. The summed E-state index contributed by atoms with van der Waals surface area (Å²) >= 11 is 0. The van der Waals surface area contributed by atoms with Gasteiger partial charge in [0.05, 0.1) is 12.3 Å². The van der Waals surface area contributed by atoms with E-state index in [0.717, 1.165) is 12.3 Å². The van der Waals surface area contributed by atoms with E-state index in [4.69, 9.17) is 9.15 Å². The molecular formula is C13H20N2O3. The standard InChI is InChI=1S/C13H20N2O3/c1-13(2,3)18-12(16)15-7-6-14-10(9-15)11-5-4-8-17-11/h4-5,8,10,14H,6-7,9H2,1-3H3. The van der Waals surface area contributed by atoms with Gasteiger partial charge in [0, 0.05) is 19.6 Å². The molecule has 18 heavy (non-hydrogen) atoms. The molecule has 0 bridgehead atoms. The molecule has 100 valence electrons. The van der Waals surface area contributed by atoms with Crippen molar-refractivity contribution in [2.75, 3.05) is 19.6 Å². The third-order valence-electron chi connectivity index (χ3n) is 2.71. The van der Waals surface area contributed by atoms with Gasteiger partial charge >= 0.3 is 6.09 Å². The molecule has 5 nitrogen and oxygen atoms in total. The van der Waals surface area contributed by atoms with E-state index < -0.39 is 5.60 Å². The van der Waals surface area contributed by atoms with Crippen LogP contribution in [0.5, 0.6) is 0 Å². The van der Waals surface area contributed by atoms with Crippen LogP contribution >= 0.6 is 0 Å². The number of nitrogens with zero attached hydrogens (tertiary/aromatic N) is 1. The second-order valence-corrected chi connectivity index (χ2v) is 5.45. The average Bonchev–Trinajstić information content (AvgIpc) is 2.80. The first-order valence-electron chi connectivity index (χ1n) is 6.20. The molecule has 0 spiro atoms. The summed E-state index contributed by atoms with van der Waals surface area (Å²) in [5.41, 5.74) is -0.456. The van der Waals surface area contributed by atoms with E-state index in [1.54, 1.807) is 11.2 Å². The molecule has 1 fully saturated rings. The SMILES string of the molecule is CC(C)(C)OC(=O)N1CCNC(c2ccco2)C1. The maximum absolute atomic E-state index is 12.0. The monoisotopic (exact) mass is 252 g/mol. The molecule has 0 aromatic carbocycles. The Morgan fingerprint density at radius 2 is 2.33 bits per heavy atom. The number of carbonyl (C=O) groups excluding carboxylic acids is 1. The number of furan rings is 1. The minimum atomic E-state index is -0.456. The highest BCUT2D eigenvalue weighted by atomic mass is 16.6. The van der Waals surface area contributed by atoms with Crippen LogP contribution in [0.4, 0.5) is 4.79 Å². The second kappa shape index (κ2) is 5.02. The molecule has 0 aliphatic carbocycles. The number of hydrogen-bond donors (Lipinski definition) is 1. The Morgan fingerprint density at radius 3 is 2.94 bits per heavy atom. The Bertz CT molecular complexity index is 395. The van der Waals surface area contributed by atoms with Crippen LogP contribution in [0.3, 0.4) is 0 Å². The summed E-state index contributed by atoms with van der Waals surface area (Å²) in [5, 5.41) is 3.33. The zero-order chi connectivity index (χ0) is 13.2. The highest BCUT2D eigenvalue weighted by Gasteiger charge is 2.28. The zero-order valence-corrected chi connectivity index (χ0v) is 11.1. The summed E-state index contributed by atoms with van der Waals surface area (Å²) in [6.07, 6.45) is 1.38. The first-order chi connectivity index (χ1) is 8.46. The Balaban J connectivity index is 1.96. The average molecular weight is 252 g/mol. The number of piperazine rings is 1. The molecule has 1 aromatic rings. The van der Waals surface area contributed by atoms with Gasteiger partial charge in [0.2, 0.25) is 0 Å². The van der Waals surface area contributed by atoms with Crippen molar-refractivity contribution in [1.29, 1.82) is 0 Å². The minimum absolute atomic E-state index is 0.0428. The van der Waals surface area contributed by atoms with E-state index in [1.807, 2.05) is 32.9 Å². The third-order valence-corrected chi connectivity index (χ3v) is 2.71. The molecule has 0 saturated carbocycles. The fourth-order valence-corrected chi connectivity index (χ4v) is 1.92. The van der Waals surface area contributed by atoms with Gasteiger partial charge in [-0.25, -0.2) is 4.79 Å². The molecule has 1 aliphatic rings. The molecule has 1 saturated heterocycles. The summed E-state index contributed by atoms with van der Waals surface area (Å²) in [4.78, 5) is 13.7. The molecule has 1 amide bonds. The molecule has 2 rings (SSSR count). The lowest BCUT2D eigenvalue weighted by Gasteiger charge is -2.34. The molecule has 1 aliphatic heterocycles. The maximum atomic E-state index is 12.0. The van der Waals surface area contributed by atoms with Gasteiger partial charge in [-0.3, -0.25) is 0 Å². The molecule has 1 N–H and O–H groups in total. The van der Waals surface area contributed by atoms with Gasteiger partial charge in [0.1, 0.15) is 11.4 Å². The van der Waals surface area contributed by atoms with Gasteiger partial charge in [-0.1, -0.05) is 0 Å². The van der Waals surface area contributed by atoms with E-state index >= 15 is 0 Å². The second-order valence-electron chi connectivity index (χ2n) is 5.45. The molecule has 1 atom stereocenters. The summed E-state index contributed by atoms with van der Waals surface area (Å²) in [6.45, 7) is 7.59. The van der Waals surface area contributed by atoms with E-state index in [1.165, 1.54) is 0 Å². The van der Waals surface area contributed by atoms with Crippen molar-refractivity contribution < 1.29 is 13.9 Å². The van der Waals surface area contributed by atoms with Crippen LogP contribution in [0.2, 0.25) is 0 Å². The lowest BCUT2D eigenvalue weighted by atomic mass is 10.1. The molecule has 2 heterocycles. The van der Waals surface area contributed by atoms with Crippen LogP contribution in [0.15, 0.2) is 22.8 Å². The summed E-state index contributed by atoms with van der Waals surface area (Å²) in [6, 6.07) is 3.81.